The third kappa shape index (κ3) is 4.87. The monoisotopic (exact) mass is 237 g/mol. The zero-order valence-corrected chi connectivity index (χ0v) is 10.3. The summed E-state index contributed by atoms with van der Waals surface area (Å²) in [7, 11) is 1.60. The normalized spacial score (nSPS) is 11.9. The van der Waals surface area contributed by atoms with E-state index in [0.717, 1.165) is 11.3 Å². The highest BCUT2D eigenvalue weighted by atomic mass is 16.5. The van der Waals surface area contributed by atoms with Crippen LogP contribution < -0.4 is 10.1 Å². The lowest BCUT2D eigenvalue weighted by Gasteiger charge is -2.10. The van der Waals surface area contributed by atoms with Crippen molar-refractivity contribution in [1.82, 2.24) is 5.32 Å². The average Bonchev–Trinajstić information content (AvgIpc) is 2.36. The van der Waals surface area contributed by atoms with Crippen LogP contribution in [0.2, 0.25) is 0 Å². The van der Waals surface area contributed by atoms with Crippen LogP contribution in [0.5, 0.6) is 5.75 Å². The van der Waals surface area contributed by atoms with E-state index in [1.165, 1.54) is 0 Å². The van der Waals surface area contributed by atoms with Gasteiger partial charge in [0.1, 0.15) is 5.75 Å². The van der Waals surface area contributed by atoms with Crippen molar-refractivity contribution < 1.29 is 14.6 Å². The number of methoxy groups -OCH3 is 1. The van der Waals surface area contributed by atoms with Crippen molar-refractivity contribution in [2.75, 3.05) is 20.3 Å². The van der Waals surface area contributed by atoms with E-state index < -0.39 is 0 Å². The minimum atomic E-state index is -0.0430. The molecule has 0 bridgehead atoms. The van der Waals surface area contributed by atoms with E-state index in [0.29, 0.717) is 13.0 Å². The van der Waals surface area contributed by atoms with Gasteiger partial charge in [0.15, 0.2) is 0 Å². The summed E-state index contributed by atoms with van der Waals surface area (Å²) in [6, 6.07) is 7.43. The highest BCUT2D eigenvalue weighted by molar-refractivity contribution is 5.78. The molecule has 4 nitrogen and oxygen atoms in total. The quantitative estimate of drug-likeness (QED) is 0.775. The Morgan fingerprint density at radius 3 is 2.94 bits per heavy atom. The molecule has 94 valence electrons. The fourth-order valence-corrected chi connectivity index (χ4v) is 1.38. The van der Waals surface area contributed by atoms with Gasteiger partial charge in [-0.15, -0.1) is 0 Å². The topological polar surface area (TPSA) is 58.6 Å². The van der Waals surface area contributed by atoms with Crippen LogP contribution in [0.4, 0.5) is 0 Å². The van der Waals surface area contributed by atoms with Gasteiger partial charge in [-0.2, -0.15) is 0 Å². The SMILES string of the molecule is COc1cccc(CC(=O)NCC(C)CO)c1. The van der Waals surface area contributed by atoms with Crippen LogP contribution in [0.25, 0.3) is 0 Å². The maximum Gasteiger partial charge on any atom is 0.224 e. The van der Waals surface area contributed by atoms with Gasteiger partial charge in [-0.1, -0.05) is 19.1 Å². The van der Waals surface area contributed by atoms with Crippen molar-refractivity contribution in [1.29, 1.82) is 0 Å². The summed E-state index contributed by atoms with van der Waals surface area (Å²) in [4.78, 5) is 11.6. The van der Waals surface area contributed by atoms with Crippen molar-refractivity contribution in [2.24, 2.45) is 5.92 Å². The molecule has 0 spiro atoms. The van der Waals surface area contributed by atoms with E-state index in [1.807, 2.05) is 31.2 Å². The lowest BCUT2D eigenvalue weighted by Crippen LogP contribution is -2.30. The number of hydrogen-bond acceptors (Lipinski definition) is 3. The minimum absolute atomic E-state index is 0.0430. The third-order valence-electron chi connectivity index (χ3n) is 2.46. The molecule has 17 heavy (non-hydrogen) atoms. The van der Waals surface area contributed by atoms with Crippen molar-refractivity contribution in [2.45, 2.75) is 13.3 Å². The van der Waals surface area contributed by atoms with Gasteiger partial charge in [-0.25, -0.2) is 0 Å². The molecule has 1 rings (SSSR count). The van der Waals surface area contributed by atoms with Crippen molar-refractivity contribution in [3.63, 3.8) is 0 Å². The fourth-order valence-electron chi connectivity index (χ4n) is 1.38. The Bertz CT molecular complexity index is 365. The number of ether oxygens (including phenoxy) is 1. The molecule has 0 aliphatic rings. The third-order valence-corrected chi connectivity index (χ3v) is 2.46. The first-order valence-electron chi connectivity index (χ1n) is 5.66. The van der Waals surface area contributed by atoms with Crippen LogP contribution in [0.1, 0.15) is 12.5 Å². The molecule has 0 radical (unpaired) electrons. The Hall–Kier alpha value is -1.55. The Morgan fingerprint density at radius 1 is 1.53 bits per heavy atom. The molecule has 0 aliphatic carbocycles. The van der Waals surface area contributed by atoms with Gasteiger partial charge < -0.3 is 15.2 Å². The van der Waals surface area contributed by atoms with E-state index in [9.17, 15) is 4.79 Å². The van der Waals surface area contributed by atoms with Crippen molar-refractivity contribution in [3.05, 3.63) is 29.8 Å². The van der Waals surface area contributed by atoms with E-state index in [1.54, 1.807) is 7.11 Å². The second kappa shape index (κ2) is 6.91. The van der Waals surface area contributed by atoms with Gasteiger partial charge in [0, 0.05) is 13.2 Å². The van der Waals surface area contributed by atoms with E-state index in [4.69, 9.17) is 9.84 Å². The second-order valence-corrected chi connectivity index (χ2v) is 4.12. The maximum atomic E-state index is 11.6. The molecule has 0 aromatic heterocycles. The average molecular weight is 237 g/mol. The number of carbonyl (C=O) groups is 1. The molecule has 4 heteroatoms. The lowest BCUT2D eigenvalue weighted by atomic mass is 10.1. The number of amides is 1. The summed E-state index contributed by atoms with van der Waals surface area (Å²) in [6.45, 7) is 2.46. The Labute approximate surface area is 102 Å². The highest BCUT2D eigenvalue weighted by Crippen LogP contribution is 2.12. The summed E-state index contributed by atoms with van der Waals surface area (Å²) in [5.74, 6) is 0.793. The molecule has 1 atom stereocenters. The van der Waals surface area contributed by atoms with E-state index >= 15 is 0 Å². The molecule has 0 saturated carbocycles. The van der Waals surface area contributed by atoms with Crippen LogP contribution in [0.15, 0.2) is 24.3 Å². The van der Waals surface area contributed by atoms with Crippen molar-refractivity contribution >= 4 is 5.91 Å². The molecular weight excluding hydrogens is 218 g/mol. The van der Waals surface area contributed by atoms with Gasteiger partial charge in [0.25, 0.3) is 0 Å². The molecule has 0 aliphatic heterocycles. The molecule has 1 aromatic carbocycles. The lowest BCUT2D eigenvalue weighted by molar-refractivity contribution is -0.120. The van der Waals surface area contributed by atoms with E-state index in [-0.39, 0.29) is 18.4 Å². The smallest absolute Gasteiger partial charge is 0.224 e. The van der Waals surface area contributed by atoms with Crippen LogP contribution in [-0.2, 0) is 11.2 Å². The number of rotatable bonds is 6. The first-order chi connectivity index (χ1) is 8.15. The van der Waals surface area contributed by atoms with Gasteiger partial charge in [-0.3, -0.25) is 4.79 Å². The first kappa shape index (κ1) is 13.5. The molecule has 1 unspecified atom stereocenters. The van der Waals surface area contributed by atoms with Gasteiger partial charge >= 0.3 is 0 Å². The molecule has 0 fully saturated rings. The zero-order chi connectivity index (χ0) is 12.7. The molecule has 1 aromatic rings. The number of nitrogens with one attached hydrogen (secondary N) is 1. The van der Waals surface area contributed by atoms with Crippen LogP contribution in [0.3, 0.4) is 0 Å². The number of aliphatic hydroxyl groups is 1. The van der Waals surface area contributed by atoms with Crippen LogP contribution in [-0.4, -0.2) is 31.3 Å². The second-order valence-electron chi connectivity index (χ2n) is 4.12. The first-order valence-corrected chi connectivity index (χ1v) is 5.66. The predicted octanol–water partition coefficient (Wildman–Crippen LogP) is 0.982. The highest BCUT2D eigenvalue weighted by Gasteiger charge is 2.06. The largest absolute Gasteiger partial charge is 0.497 e. The Balaban J connectivity index is 2.44. The Morgan fingerprint density at radius 2 is 2.29 bits per heavy atom. The zero-order valence-electron chi connectivity index (χ0n) is 10.3. The van der Waals surface area contributed by atoms with Gasteiger partial charge in [-0.05, 0) is 23.6 Å². The number of benzene rings is 1. The Kier molecular flexibility index (Phi) is 5.49. The number of carbonyl (C=O) groups excluding carboxylic acids is 1. The number of hydrogen-bond donors (Lipinski definition) is 2. The molecule has 2 N–H and O–H groups in total. The van der Waals surface area contributed by atoms with Gasteiger partial charge in [0.2, 0.25) is 5.91 Å². The number of aliphatic hydroxyl groups excluding tert-OH is 1. The standard InChI is InChI=1S/C13H19NO3/c1-10(9-15)8-14-13(16)7-11-4-3-5-12(6-11)17-2/h3-6,10,15H,7-9H2,1-2H3,(H,14,16). The summed E-state index contributed by atoms with van der Waals surface area (Å²) >= 11 is 0. The molecule has 0 heterocycles. The summed E-state index contributed by atoms with van der Waals surface area (Å²) < 4.78 is 5.09. The van der Waals surface area contributed by atoms with Crippen molar-refractivity contribution in [3.8, 4) is 5.75 Å². The summed E-state index contributed by atoms with van der Waals surface area (Å²) in [5, 5.41) is 11.6. The van der Waals surface area contributed by atoms with Crippen LogP contribution >= 0.6 is 0 Å². The van der Waals surface area contributed by atoms with Gasteiger partial charge in [0.05, 0.1) is 13.5 Å². The molecular formula is C13H19NO3. The summed E-state index contributed by atoms with van der Waals surface area (Å²) in [6.07, 6.45) is 0.329. The molecule has 1 amide bonds. The minimum Gasteiger partial charge on any atom is -0.497 e. The summed E-state index contributed by atoms with van der Waals surface area (Å²) in [5.41, 5.74) is 0.915. The van der Waals surface area contributed by atoms with Crippen LogP contribution in [0, 0.1) is 5.92 Å². The molecule has 0 saturated heterocycles. The maximum absolute atomic E-state index is 11.6. The predicted molar refractivity (Wildman–Crippen MR) is 66.0 cm³/mol. The van der Waals surface area contributed by atoms with E-state index in [2.05, 4.69) is 5.32 Å². The fraction of sp³-hybridized carbons (Fsp3) is 0.462.